The first kappa shape index (κ1) is 23.4. The molecule has 182 valence electrons. The van der Waals surface area contributed by atoms with Crippen LogP contribution in [0.15, 0.2) is 78.1 Å². The molecule has 3 N–H and O–H groups in total. The third-order valence-corrected chi connectivity index (χ3v) is 6.00. The van der Waals surface area contributed by atoms with Crippen LogP contribution in [0.5, 0.6) is 6.01 Å². The van der Waals surface area contributed by atoms with Crippen LogP contribution in [0, 0.1) is 11.3 Å². The molecule has 0 amide bonds. The number of benzene rings is 2. The van der Waals surface area contributed by atoms with Crippen molar-refractivity contribution in [1.29, 1.82) is 5.26 Å². The third kappa shape index (κ3) is 4.30. The highest BCUT2D eigenvalue weighted by Crippen LogP contribution is 2.30. The molecule has 5 rings (SSSR count). The topological polar surface area (TPSA) is 145 Å². The smallest absolute Gasteiger partial charge is 0.316 e. The van der Waals surface area contributed by atoms with Gasteiger partial charge in [0.2, 0.25) is 0 Å². The van der Waals surface area contributed by atoms with Crippen molar-refractivity contribution >= 4 is 22.4 Å². The molecule has 0 aliphatic rings. The van der Waals surface area contributed by atoms with Crippen LogP contribution in [0.4, 0.5) is 11.6 Å². The fourth-order valence-corrected chi connectivity index (χ4v) is 4.24. The summed E-state index contributed by atoms with van der Waals surface area (Å²) < 4.78 is 6.73. The lowest BCUT2D eigenvalue weighted by atomic mass is 9.99. The highest BCUT2D eigenvalue weighted by molar-refractivity contribution is 5.96. The zero-order valence-electron chi connectivity index (χ0n) is 20.1. The molecule has 10 nitrogen and oxygen atoms in total. The van der Waals surface area contributed by atoms with Crippen molar-refractivity contribution in [3.8, 4) is 28.9 Å². The monoisotopic (exact) mass is 490 g/mol. The number of para-hydroxylation sites is 1. The van der Waals surface area contributed by atoms with Gasteiger partial charge in [-0.2, -0.15) is 5.26 Å². The number of nitrogens with two attached hydrogens (primary N) is 1. The van der Waals surface area contributed by atoms with E-state index in [1.807, 2.05) is 67.6 Å². The number of nitrogens with zero attached hydrogens (tertiary/aromatic N) is 6. The van der Waals surface area contributed by atoms with Crippen LogP contribution in [0.1, 0.15) is 24.2 Å². The van der Waals surface area contributed by atoms with E-state index in [4.69, 9.17) is 10.5 Å². The lowest BCUT2D eigenvalue weighted by molar-refractivity contribution is 0.380. The number of nitrogen functional groups attached to an aromatic ring is 1. The fraction of sp³-hybridized carbons (Fsp3) is 0.111. The molecule has 0 bridgehead atoms. The molecule has 1 atom stereocenters. The van der Waals surface area contributed by atoms with E-state index in [0.717, 1.165) is 5.39 Å². The summed E-state index contributed by atoms with van der Waals surface area (Å²) in [6.07, 6.45) is 4.56. The minimum atomic E-state index is -0.424. The molecule has 0 aliphatic heterocycles. The minimum Gasteiger partial charge on any atom is -0.467 e. The summed E-state index contributed by atoms with van der Waals surface area (Å²) in [5.41, 5.74) is 8.57. The van der Waals surface area contributed by atoms with E-state index in [1.54, 1.807) is 17.0 Å². The molecule has 10 heteroatoms. The lowest BCUT2D eigenvalue weighted by Gasteiger charge is -2.22. The summed E-state index contributed by atoms with van der Waals surface area (Å²) in [6, 6.07) is 18.8. The maximum atomic E-state index is 14.2. The normalized spacial score (nSPS) is 11.6. The summed E-state index contributed by atoms with van der Waals surface area (Å²) in [7, 11) is 1.50. The lowest BCUT2D eigenvalue weighted by Crippen LogP contribution is -2.26. The Morgan fingerprint density at radius 1 is 1.05 bits per heavy atom. The van der Waals surface area contributed by atoms with E-state index >= 15 is 0 Å². The minimum absolute atomic E-state index is 0.0810. The Hall–Kier alpha value is -5.30. The van der Waals surface area contributed by atoms with Gasteiger partial charge in [-0.3, -0.25) is 9.36 Å². The van der Waals surface area contributed by atoms with Gasteiger partial charge in [0.25, 0.3) is 5.56 Å². The molecule has 5 aromatic rings. The zero-order valence-corrected chi connectivity index (χ0v) is 20.1. The van der Waals surface area contributed by atoms with Crippen LogP contribution in [0.2, 0.25) is 0 Å². The maximum Gasteiger partial charge on any atom is 0.316 e. The number of nitrogens with one attached hydrogen (secondary N) is 1. The van der Waals surface area contributed by atoms with Crippen molar-refractivity contribution in [2.75, 3.05) is 18.2 Å². The van der Waals surface area contributed by atoms with Crippen molar-refractivity contribution in [1.82, 2.24) is 24.5 Å². The number of fused-ring (bicyclic) bond motifs is 1. The van der Waals surface area contributed by atoms with E-state index in [2.05, 4.69) is 25.3 Å². The number of pyridine rings is 1. The summed E-state index contributed by atoms with van der Waals surface area (Å²) in [4.78, 5) is 30.7. The predicted octanol–water partition coefficient (Wildman–Crippen LogP) is 3.87. The molecule has 2 aromatic carbocycles. The van der Waals surface area contributed by atoms with Gasteiger partial charge in [0.1, 0.15) is 29.6 Å². The first-order chi connectivity index (χ1) is 18.0. The number of hydrogen-bond donors (Lipinski definition) is 2. The Kier molecular flexibility index (Phi) is 6.18. The highest BCUT2D eigenvalue weighted by Gasteiger charge is 2.20. The van der Waals surface area contributed by atoms with Gasteiger partial charge in [-0.15, -0.1) is 0 Å². The van der Waals surface area contributed by atoms with Gasteiger partial charge in [-0.1, -0.05) is 36.4 Å². The number of aromatic nitrogens is 5. The average molecular weight is 491 g/mol. The van der Waals surface area contributed by atoms with E-state index in [9.17, 15) is 10.1 Å². The van der Waals surface area contributed by atoms with Crippen molar-refractivity contribution in [3.63, 3.8) is 0 Å². The van der Waals surface area contributed by atoms with Gasteiger partial charge < -0.3 is 15.8 Å². The van der Waals surface area contributed by atoms with Crippen LogP contribution in [-0.4, -0.2) is 31.6 Å². The Morgan fingerprint density at radius 2 is 1.81 bits per heavy atom. The first-order valence-corrected chi connectivity index (χ1v) is 11.4. The quantitative estimate of drug-likeness (QED) is 0.362. The van der Waals surface area contributed by atoms with Crippen LogP contribution in [0.3, 0.4) is 0 Å². The first-order valence-electron chi connectivity index (χ1n) is 11.4. The van der Waals surface area contributed by atoms with E-state index in [0.29, 0.717) is 33.7 Å². The van der Waals surface area contributed by atoms with Crippen LogP contribution >= 0.6 is 0 Å². The molecule has 37 heavy (non-hydrogen) atoms. The predicted molar refractivity (Wildman–Crippen MR) is 140 cm³/mol. The average Bonchev–Trinajstić information content (AvgIpc) is 2.93. The van der Waals surface area contributed by atoms with E-state index in [1.165, 1.54) is 13.4 Å². The summed E-state index contributed by atoms with van der Waals surface area (Å²) in [5.74, 6) is 0.372. The Morgan fingerprint density at radius 3 is 2.51 bits per heavy atom. The second-order valence-corrected chi connectivity index (χ2v) is 8.23. The molecular formula is C27H22N8O2. The van der Waals surface area contributed by atoms with Crippen molar-refractivity contribution in [2.45, 2.75) is 13.0 Å². The number of rotatable bonds is 6. The van der Waals surface area contributed by atoms with E-state index in [-0.39, 0.29) is 23.0 Å². The summed E-state index contributed by atoms with van der Waals surface area (Å²) in [6.45, 7) is 1.89. The summed E-state index contributed by atoms with van der Waals surface area (Å²) >= 11 is 0. The Labute approximate surface area is 212 Å². The molecule has 3 aromatic heterocycles. The van der Waals surface area contributed by atoms with Crippen LogP contribution in [-0.2, 0) is 0 Å². The number of nitriles is 1. The molecular weight excluding hydrogens is 468 g/mol. The SMILES string of the molecule is COc1ncc(-c2cccc3cc(C(C)Nc4ncnc(N)c4C#N)n(-c4ccccc4)c(=O)c23)cn1. The van der Waals surface area contributed by atoms with Crippen molar-refractivity contribution in [2.24, 2.45) is 0 Å². The molecule has 0 spiro atoms. The molecule has 0 saturated heterocycles. The molecule has 1 unspecified atom stereocenters. The third-order valence-electron chi connectivity index (χ3n) is 6.00. The van der Waals surface area contributed by atoms with E-state index < -0.39 is 6.04 Å². The fourth-order valence-electron chi connectivity index (χ4n) is 4.24. The molecule has 0 fully saturated rings. The number of anilines is 2. The standard InChI is InChI=1S/C27H22N8O2/c1-16(34-25-21(12-28)24(29)32-15-33-25)22-11-17-7-6-10-20(18-13-30-27(37-2)31-14-18)23(17)26(36)35(22)19-8-4-3-5-9-19/h3-11,13-16H,1-2H3,(H3,29,32,33,34). The molecule has 0 radical (unpaired) electrons. The number of methoxy groups -OCH3 is 1. The second kappa shape index (κ2) is 9.75. The Balaban J connectivity index is 1.73. The highest BCUT2D eigenvalue weighted by atomic mass is 16.5. The number of hydrogen-bond acceptors (Lipinski definition) is 9. The molecule has 0 saturated carbocycles. The van der Waals surface area contributed by atoms with Crippen molar-refractivity contribution < 1.29 is 4.74 Å². The second-order valence-electron chi connectivity index (χ2n) is 8.23. The van der Waals surface area contributed by atoms with Crippen LogP contribution in [0.25, 0.3) is 27.6 Å². The molecule has 3 heterocycles. The maximum absolute atomic E-state index is 14.2. The van der Waals surface area contributed by atoms with Crippen molar-refractivity contribution in [3.05, 3.63) is 94.9 Å². The zero-order chi connectivity index (χ0) is 25.9. The van der Waals surface area contributed by atoms with Gasteiger partial charge in [-0.05, 0) is 36.1 Å². The summed E-state index contributed by atoms with van der Waals surface area (Å²) in [5, 5.41) is 14.1. The van der Waals surface area contributed by atoms with Gasteiger partial charge in [0, 0.05) is 29.3 Å². The van der Waals surface area contributed by atoms with Gasteiger partial charge in [0.15, 0.2) is 0 Å². The van der Waals surface area contributed by atoms with Gasteiger partial charge in [-0.25, -0.2) is 19.9 Å². The largest absolute Gasteiger partial charge is 0.467 e. The Bertz CT molecular complexity index is 1690. The number of ether oxygens (including phenoxy) is 1. The van der Waals surface area contributed by atoms with Crippen LogP contribution < -0.4 is 21.3 Å². The molecule has 0 aliphatic carbocycles. The van der Waals surface area contributed by atoms with Gasteiger partial charge >= 0.3 is 6.01 Å². The van der Waals surface area contributed by atoms with Gasteiger partial charge in [0.05, 0.1) is 18.5 Å².